The van der Waals surface area contributed by atoms with Crippen LogP contribution in [0.4, 0.5) is 8.78 Å². The van der Waals surface area contributed by atoms with Gasteiger partial charge in [0.1, 0.15) is 17.7 Å². The maximum absolute atomic E-state index is 15.4. The molecule has 56 heavy (non-hydrogen) atoms. The normalized spacial score (nSPS) is 12.1. The lowest BCUT2D eigenvalue weighted by Crippen LogP contribution is -2.04. The number of aromatic nitrogens is 2. The van der Waals surface area contributed by atoms with E-state index >= 15 is 8.78 Å². The number of benzene rings is 8. The zero-order valence-corrected chi connectivity index (χ0v) is 31.0. The molecule has 8 aromatic carbocycles. The van der Waals surface area contributed by atoms with Crippen molar-refractivity contribution in [1.29, 1.82) is 5.26 Å². The molecule has 12 rings (SSSR count). The molecule has 0 bridgehead atoms. The molecular weight excluding hydrogens is 733 g/mol. The lowest BCUT2D eigenvalue weighted by molar-refractivity contribution is 0.584. The quantitative estimate of drug-likeness (QED) is 0.177. The summed E-state index contributed by atoms with van der Waals surface area (Å²) in [5, 5.41) is 19.9. The molecule has 0 aliphatic carbocycles. The van der Waals surface area contributed by atoms with Crippen LogP contribution in [0.15, 0.2) is 152 Å². The van der Waals surface area contributed by atoms with Gasteiger partial charge in [-0.15, -0.1) is 22.7 Å². The monoisotopic (exact) mass is 757 g/mol. The van der Waals surface area contributed by atoms with Crippen LogP contribution in [0, 0.1) is 23.0 Å². The van der Waals surface area contributed by atoms with E-state index in [1.807, 2.05) is 36.4 Å². The van der Waals surface area contributed by atoms with E-state index in [0.717, 1.165) is 80.6 Å². The van der Waals surface area contributed by atoms with Crippen molar-refractivity contribution in [3.8, 4) is 28.6 Å². The molecule has 0 fully saturated rings. The van der Waals surface area contributed by atoms with E-state index < -0.39 is 11.6 Å². The maximum Gasteiger partial charge on any atom is 0.126 e. The first kappa shape index (κ1) is 31.5. The Morgan fingerprint density at radius 3 is 1.46 bits per heavy atom. The zero-order chi connectivity index (χ0) is 37.2. The largest absolute Gasteiger partial charge is 0.308 e. The molecule has 4 aromatic heterocycles. The minimum absolute atomic E-state index is 0.378. The SMILES string of the molecule is N#Cc1cc(-n2c3ccccc3c3ccc4sc5ccccc5c4c32)c(-c2cc(F)cc(F)c2)cc1-n1c2ccccc2c2ccc3sc4ccccc4c3c21. The van der Waals surface area contributed by atoms with Crippen molar-refractivity contribution >= 4 is 107 Å². The first-order valence-corrected chi connectivity index (χ1v) is 19.9. The second kappa shape index (κ2) is 11.6. The summed E-state index contributed by atoms with van der Waals surface area (Å²) in [6.07, 6.45) is 0. The Balaban J connectivity index is 1.29. The zero-order valence-electron chi connectivity index (χ0n) is 29.3. The van der Waals surface area contributed by atoms with Crippen molar-refractivity contribution in [3.63, 3.8) is 0 Å². The highest BCUT2D eigenvalue weighted by Crippen LogP contribution is 2.47. The Hall–Kier alpha value is -6.85. The molecule has 0 saturated heterocycles. The Labute approximate surface area is 325 Å². The predicted octanol–water partition coefficient (Wildman–Crippen LogP) is 14.4. The summed E-state index contributed by atoms with van der Waals surface area (Å²) in [5.41, 5.74) is 6.57. The van der Waals surface area contributed by atoms with E-state index in [-0.39, 0.29) is 0 Å². The smallest absolute Gasteiger partial charge is 0.126 e. The van der Waals surface area contributed by atoms with Crippen LogP contribution in [-0.2, 0) is 0 Å². The average molecular weight is 758 g/mol. The Morgan fingerprint density at radius 2 is 0.929 bits per heavy atom. The summed E-state index contributed by atoms with van der Waals surface area (Å²) in [6, 6.07) is 52.2. The minimum atomic E-state index is -0.673. The van der Waals surface area contributed by atoms with Gasteiger partial charge in [-0.25, -0.2) is 8.78 Å². The van der Waals surface area contributed by atoms with E-state index in [0.29, 0.717) is 28.1 Å². The standard InChI is InChI=1S/C49H25F2N3S2/c50-29-21-27(22-30(51)24-29)37-25-40(53-38-13-5-1-9-31(38)33-17-19-44-46(48(33)53)35-11-3-7-15-42(35)55-44)28(26-52)23-41(37)54-39-14-6-2-10-32(39)34-18-20-45-47(49(34)54)36-12-4-8-16-43(36)56-45/h1-25H. The average Bonchev–Trinajstić information content (AvgIpc) is 3.97. The van der Waals surface area contributed by atoms with Gasteiger partial charge < -0.3 is 9.13 Å². The van der Waals surface area contributed by atoms with E-state index in [9.17, 15) is 5.26 Å². The molecule has 3 nitrogen and oxygen atoms in total. The fourth-order valence-corrected chi connectivity index (χ4v) is 11.2. The number of rotatable bonds is 3. The highest BCUT2D eigenvalue weighted by molar-refractivity contribution is 7.26. The molecular formula is C49H25F2N3S2. The number of thiophene rings is 2. The van der Waals surface area contributed by atoms with Crippen molar-refractivity contribution in [2.24, 2.45) is 0 Å². The maximum atomic E-state index is 15.4. The van der Waals surface area contributed by atoms with E-state index in [1.54, 1.807) is 22.7 Å². The van der Waals surface area contributed by atoms with Gasteiger partial charge >= 0.3 is 0 Å². The first-order valence-electron chi connectivity index (χ1n) is 18.3. The number of para-hydroxylation sites is 2. The summed E-state index contributed by atoms with van der Waals surface area (Å²) < 4.78 is 39.7. The number of halogens is 2. The van der Waals surface area contributed by atoms with Gasteiger partial charge in [0.15, 0.2) is 0 Å². The van der Waals surface area contributed by atoms with Gasteiger partial charge in [0.2, 0.25) is 0 Å². The van der Waals surface area contributed by atoms with Crippen LogP contribution in [0.1, 0.15) is 5.56 Å². The first-order chi connectivity index (χ1) is 27.6. The molecule has 0 N–H and O–H groups in total. The molecule has 0 amide bonds. The molecule has 0 radical (unpaired) electrons. The topological polar surface area (TPSA) is 33.6 Å². The van der Waals surface area contributed by atoms with E-state index in [1.165, 1.54) is 21.5 Å². The summed E-state index contributed by atoms with van der Waals surface area (Å²) in [7, 11) is 0. The molecule has 0 saturated carbocycles. The fourth-order valence-electron chi connectivity index (χ4n) is 9.01. The van der Waals surface area contributed by atoms with Crippen molar-refractivity contribution in [1.82, 2.24) is 9.13 Å². The lowest BCUT2D eigenvalue weighted by atomic mass is 9.98. The van der Waals surface area contributed by atoms with Crippen molar-refractivity contribution in [3.05, 3.63) is 169 Å². The molecule has 0 aliphatic rings. The van der Waals surface area contributed by atoms with Crippen molar-refractivity contribution in [2.75, 3.05) is 0 Å². The highest BCUT2D eigenvalue weighted by atomic mass is 32.1. The van der Waals surface area contributed by atoms with Gasteiger partial charge in [-0.2, -0.15) is 5.26 Å². The summed E-state index contributed by atoms with van der Waals surface area (Å²) in [4.78, 5) is 0. The molecule has 0 spiro atoms. The van der Waals surface area contributed by atoms with Gasteiger partial charge in [-0.05, 0) is 66.2 Å². The molecule has 12 aromatic rings. The third-order valence-corrected chi connectivity index (χ3v) is 13.5. The van der Waals surface area contributed by atoms with Gasteiger partial charge in [0.05, 0.1) is 39.0 Å². The van der Waals surface area contributed by atoms with Crippen LogP contribution in [0.3, 0.4) is 0 Å². The molecule has 0 atom stereocenters. The number of hydrogen-bond acceptors (Lipinski definition) is 3. The van der Waals surface area contributed by atoms with Crippen molar-refractivity contribution in [2.45, 2.75) is 0 Å². The second-order valence-electron chi connectivity index (χ2n) is 14.2. The van der Waals surface area contributed by atoms with Crippen LogP contribution in [-0.4, -0.2) is 9.13 Å². The molecule has 0 aliphatic heterocycles. The van der Waals surface area contributed by atoms with Crippen LogP contribution < -0.4 is 0 Å². The van der Waals surface area contributed by atoms with Crippen LogP contribution in [0.2, 0.25) is 0 Å². The Kier molecular flexibility index (Phi) is 6.51. The molecule has 4 heterocycles. The van der Waals surface area contributed by atoms with E-state index in [2.05, 4.69) is 112 Å². The third kappa shape index (κ3) is 4.28. The third-order valence-electron chi connectivity index (χ3n) is 11.2. The Morgan fingerprint density at radius 1 is 0.446 bits per heavy atom. The molecule has 7 heteroatoms. The predicted molar refractivity (Wildman–Crippen MR) is 231 cm³/mol. The fraction of sp³-hybridized carbons (Fsp3) is 0. The number of hydrogen-bond donors (Lipinski definition) is 0. The summed E-state index contributed by atoms with van der Waals surface area (Å²) in [5.74, 6) is -1.35. The highest BCUT2D eigenvalue weighted by Gasteiger charge is 2.25. The van der Waals surface area contributed by atoms with Gasteiger partial charge in [-0.3, -0.25) is 0 Å². The number of nitrogens with zero attached hydrogens (tertiary/aromatic N) is 3. The Bertz CT molecular complexity index is 3690. The minimum Gasteiger partial charge on any atom is -0.308 e. The molecule has 0 unspecified atom stereocenters. The van der Waals surface area contributed by atoms with Crippen molar-refractivity contribution < 1.29 is 8.78 Å². The second-order valence-corrected chi connectivity index (χ2v) is 16.4. The van der Waals surface area contributed by atoms with Gasteiger partial charge in [0.25, 0.3) is 0 Å². The van der Waals surface area contributed by atoms with Crippen LogP contribution in [0.25, 0.3) is 106 Å². The lowest BCUT2D eigenvalue weighted by Gasteiger charge is -2.19. The number of fused-ring (bicyclic) bond motifs is 14. The van der Waals surface area contributed by atoms with E-state index in [4.69, 9.17) is 0 Å². The summed E-state index contributed by atoms with van der Waals surface area (Å²) in [6.45, 7) is 0. The van der Waals surface area contributed by atoms with Crippen LogP contribution in [0.5, 0.6) is 0 Å². The molecule has 262 valence electrons. The summed E-state index contributed by atoms with van der Waals surface area (Å²) >= 11 is 3.48. The van der Waals surface area contributed by atoms with Gasteiger partial charge in [0, 0.05) is 73.5 Å². The van der Waals surface area contributed by atoms with Gasteiger partial charge in [-0.1, -0.05) is 84.9 Å². The van der Waals surface area contributed by atoms with Crippen LogP contribution >= 0.6 is 22.7 Å². The number of nitriles is 1.